The van der Waals surface area contributed by atoms with Crippen LogP contribution in [-0.2, 0) is 17.9 Å². The third kappa shape index (κ3) is 5.01. The molecule has 2 N–H and O–H groups in total. The number of benzene rings is 2. The van der Waals surface area contributed by atoms with Gasteiger partial charge in [0.25, 0.3) is 0 Å². The normalized spacial score (nSPS) is 14.1. The lowest BCUT2D eigenvalue weighted by Crippen LogP contribution is -2.20. The number of nitrogens with one attached hydrogen (secondary N) is 2. The summed E-state index contributed by atoms with van der Waals surface area (Å²) in [5.74, 6) is 1.81. The van der Waals surface area contributed by atoms with Crippen LogP contribution in [0.4, 0.5) is 5.69 Å². The summed E-state index contributed by atoms with van der Waals surface area (Å²) < 4.78 is 10.8. The minimum Gasteiger partial charge on any atom is -0.493 e. The second-order valence-electron chi connectivity index (χ2n) is 6.93. The van der Waals surface area contributed by atoms with Crippen molar-refractivity contribution in [2.75, 3.05) is 19.5 Å². The molecule has 2 aromatic carbocycles. The Bertz CT molecular complexity index is 770. The zero-order chi connectivity index (χ0) is 19.1. The van der Waals surface area contributed by atoms with Crippen LogP contribution < -0.4 is 20.1 Å². The third-order valence-electron chi connectivity index (χ3n) is 5.05. The lowest BCUT2D eigenvalue weighted by atomic mass is 10.1. The quantitative estimate of drug-likeness (QED) is 0.736. The Morgan fingerprint density at radius 1 is 1.04 bits per heavy atom. The van der Waals surface area contributed by atoms with E-state index in [1.54, 1.807) is 14.2 Å². The highest BCUT2D eigenvalue weighted by atomic mass is 16.5. The number of hydrogen-bond donors (Lipinski definition) is 2. The van der Waals surface area contributed by atoms with E-state index in [9.17, 15) is 4.79 Å². The van der Waals surface area contributed by atoms with E-state index in [4.69, 9.17) is 9.47 Å². The van der Waals surface area contributed by atoms with Gasteiger partial charge in [-0.25, -0.2) is 0 Å². The van der Waals surface area contributed by atoms with E-state index < -0.39 is 0 Å². The molecule has 0 aliphatic heterocycles. The summed E-state index contributed by atoms with van der Waals surface area (Å²) in [4.78, 5) is 12.3. The molecule has 0 aromatic heterocycles. The molecule has 0 unspecified atom stereocenters. The fraction of sp³-hybridized carbons (Fsp3) is 0.409. The van der Waals surface area contributed by atoms with Gasteiger partial charge >= 0.3 is 0 Å². The molecule has 3 rings (SSSR count). The van der Waals surface area contributed by atoms with Crippen molar-refractivity contribution in [2.24, 2.45) is 5.92 Å². The minimum absolute atomic E-state index is 0.152. The molecule has 1 aliphatic carbocycles. The molecule has 0 heterocycles. The van der Waals surface area contributed by atoms with Crippen molar-refractivity contribution in [1.29, 1.82) is 0 Å². The molecular weight excluding hydrogens is 340 g/mol. The fourth-order valence-corrected chi connectivity index (χ4v) is 3.63. The maximum Gasteiger partial charge on any atom is 0.227 e. The number of para-hydroxylation sites is 1. The van der Waals surface area contributed by atoms with E-state index in [-0.39, 0.29) is 11.8 Å². The lowest BCUT2D eigenvalue weighted by Gasteiger charge is -2.14. The van der Waals surface area contributed by atoms with Crippen molar-refractivity contribution in [3.8, 4) is 11.5 Å². The molecule has 0 atom stereocenters. The van der Waals surface area contributed by atoms with Crippen LogP contribution >= 0.6 is 0 Å². The second-order valence-corrected chi connectivity index (χ2v) is 6.93. The van der Waals surface area contributed by atoms with Crippen molar-refractivity contribution >= 4 is 11.6 Å². The Labute approximate surface area is 161 Å². The summed E-state index contributed by atoms with van der Waals surface area (Å²) in [6.45, 7) is 1.37. The summed E-state index contributed by atoms with van der Waals surface area (Å²) in [5, 5.41) is 6.49. The predicted octanol–water partition coefficient (Wildman–Crippen LogP) is 4.12. The first kappa shape index (κ1) is 19.2. The van der Waals surface area contributed by atoms with Crippen LogP contribution in [0.1, 0.15) is 36.8 Å². The van der Waals surface area contributed by atoms with Gasteiger partial charge in [-0.3, -0.25) is 4.79 Å². The van der Waals surface area contributed by atoms with E-state index in [2.05, 4.69) is 16.7 Å². The standard InChI is InChI=1S/C22H28N2O3/c1-26-20-12-6-10-18(21(20)27-2)15-23-14-16-7-5-11-19(13-16)24-22(25)17-8-3-4-9-17/h5-7,10-13,17,23H,3-4,8-9,14-15H2,1-2H3,(H,24,25). The summed E-state index contributed by atoms with van der Waals surface area (Å²) in [6.07, 6.45) is 4.34. The van der Waals surface area contributed by atoms with Crippen molar-refractivity contribution in [3.05, 3.63) is 53.6 Å². The van der Waals surface area contributed by atoms with Crippen LogP contribution in [-0.4, -0.2) is 20.1 Å². The Hall–Kier alpha value is -2.53. The SMILES string of the molecule is COc1cccc(CNCc2cccc(NC(=O)C3CCCC3)c2)c1OC. The molecule has 1 amide bonds. The van der Waals surface area contributed by atoms with Crippen LogP contribution in [0.2, 0.25) is 0 Å². The average Bonchev–Trinajstić information content (AvgIpc) is 3.23. The van der Waals surface area contributed by atoms with Crippen molar-refractivity contribution in [1.82, 2.24) is 5.32 Å². The van der Waals surface area contributed by atoms with E-state index in [1.165, 1.54) is 0 Å². The number of ether oxygens (including phenoxy) is 2. The van der Waals surface area contributed by atoms with Crippen LogP contribution in [0.5, 0.6) is 11.5 Å². The zero-order valence-corrected chi connectivity index (χ0v) is 16.1. The van der Waals surface area contributed by atoms with Crippen LogP contribution in [0.25, 0.3) is 0 Å². The number of amides is 1. The second kappa shape index (κ2) is 9.42. The monoisotopic (exact) mass is 368 g/mol. The van der Waals surface area contributed by atoms with Gasteiger partial charge in [0.05, 0.1) is 14.2 Å². The molecule has 1 fully saturated rings. The predicted molar refractivity (Wildman–Crippen MR) is 107 cm³/mol. The van der Waals surface area contributed by atoms with Crippen molar-refractivity contribution < 1.29 is 14.3 Å². The number of methoxy groups -OCH3 is 2. The molecule has 0 spiro atoms. The van der Waals surface area contributed by atoms with Crippen molar-refractivity contribution in [3.63, 3.8) is 0 Å². The average molecular weight is 368 g/mol. The van der Waals surface area contributed by atoms with Gasteiger partial charge in [-0.05, 0) is 36.6 Å². The largest absolute Gasteiger partial charge is 0.493 e. The number of hydrogen-bond acceptors (Lipinski definition) is 4. The molecule has 0 bridgehead atoms. The minimum atomic E-state index is 0.152. The zero-order valence-electron chi connectivity index (χ0n) is 16.1. The number of carbonyl (C=O) groups excluding carboxylic acids is 1. The molecule has 1 aliphatic rings. The van der Waals surface area contributed by atoms with Crippen LogP contribution in [0.3, 0.4) is 0 Å². The first-order valence-electron chi connectivity index (χ1n) is 9.51. The first-order chi connectivity index (χ1) is 13.2. The van der Waals surface area contributed by atoms with Gasteiger partial charge in [0.2, 0.25) is 5.91 Å². The Kier molecular flexibility index (Phi) is 6.71. The molecule has 1 saturated carbocycles. The van der Waals surface area contributed by atoms with Crippen LogP contribution in [0.15, 0.2) is 42.5 Å². The topological polar surface area (TPSA) is 59.6 Å². The third-order valence-corrected chi connectivity index (χ3v) is 5.05. The first-order valence-corrected chi connectivity index (χ1v) is 9.51. The number of anilines is 1. The molecule has 5 nitrogen and oxygen atoms in total. The number of carbonyl (C=O) groups is 1. The van der Waals surface area contributed by atoms with Gasteiger partial charge in [-0.2, -0.15) is 0 Å². The maximum atomic E-state index is 12.3. The van der Waals surface area contributed by atoms with Gasteiger partial charge in [0, 0.05) is 30.3 Å². The summed E-state index contributed by atoms with van der Waals surface area (Å²) in [7, 11) is 3.29. The molecule has 144 valence electrons. The van der Waals surface area contributed by atoms with Gasteiger partial charge in [0.1, 0.15) is 0 Å². The molecular formula is C22H28N2O3. The smallest absolute Gasteiger partial charge is 0.227 e. The lowest BCUT2D eigenvalue weighted by molar-refractivity contribution is -0.119. The highest BCUT2D eigenvalue weighted by Gasteiger charge is 2.22. The number of rotatable bonds is 8. The Morgan fingerprint density at radius 3 is 2.56 bits per heavy atom. The van der Waals surface area contributed by atoms with E-state index in [0.29, 0.717) is 13.1 Å². The maximum absolute atomic E-state index is 12.3. The van der Waals surface area contributed by atoms with Crippen LogP contribution in [0, 0.1) is 5.92 Å². The molecule has 0 radical (unpaired) electrons. The highest BCUT2D eigenvalue weighted by molar-refractivity contribution is 5.92. The highest BCUT2D eigenvalue weighted by Crippen LogP contribution is 2.30. The molecule has 2 aromatic rings. The Morgan fingerprint density at radius 2 is 1.81 bits per heavy atom. The van der Waals surface area contributed by atoms with E-state index in [1.807, 2.05) is 36.4 Å². The summed E-state index contributed by atoms with van der Waals surface area (Å²) in [5.41, 5.74) is 3.04. The summed E-state index contributed by atoms with van der Waals surface area (Å²) in [6, 6.07) is 13.9. The van der Waals surface area contributed by atoms with Crippen molar-refractivity contribution in [2.45, 2.75) is 38.8 Å². The summed E-state index contributed by atoms with van der Waals surface area (Å²) >= 11 is 0. The van der Waals surface area contributed by atoms with E-state index in [0.717, 1.165) is 54.0 Å². The van der Waals surface area contributed by atoms with Gasteiger partial charge in [0.15, 0.2) is 11.5 Å². The van der Waals surface area contributed by atoms with Gasteiger partial charge < -0.3 is 20.1 Å². The van der Waals surface area contributed by atoms with E-state index >= 15 is 0 Å². The molecule has 27 heavy (non-hydrogen) atoms. The van der Waals surface area contributed by atoms with Gasteiger partial charge in [-0.1, -0.05) is 37.1 Å². The molecule has 0 saturated heterocycles. The Balaban J connectivity index is 1.56. The molecule has 5 heteroatoms. The fourth-order valence-electron chi connectivity index (χ4n) is 3.63. The van der Waals surface area contributed by atoms with Gasteiger partial charge in [-0.15, -0.1) is 0 Å².